The van der Waals surface area contributed by atoms with Gasteiger partial charge < -0.3 is 15.4 Å². The summed E-state index contributed by atoms with van der Waals surface area (Å²) in [6, 6.07) is 6.49. The molecule has 0 bridgehead atoms. The molecule has 20 heavy (non-hydrogen) atoms. The van der Waals surface area contributed by atoms with Gasteiger partial charge in [-0.2, -0.15) is 0 Å². The largest absolute Gasteiger partial charge is 0.384 e. The summed E-state index contributed by atoms with van der Waals surface area (Å²) in [7, 11) is 1.71. The fraction of sp³-hybridized carbons (Fsp3) is 0.467. The monoisotopic (exact) mass is 276 g/mol. The zero-order valence-electron chi connectivity index (χ0n) is 11.7. The number of ether oxygens (including phenoxy) is 1. The molecule has 2 rings (SSSR count). The summed E-state index contributed by atoms with van der Waals surface area (Å²) in [5.41, 5.74) is 6.19. The SMILES string of the molecule is COCC1CCN(C(=O)c2ccc(C(N)=O)cc2)CC1. The lowest BCUT2D eigenvalue weighted by atomic mass is 9.97. The highest BCUT2D eigenvalue weighted by atomic mass is 16.5. The molecule has 5 nitrogen and oxygen atoms in total. The minimum Gasteiger partial charge on any atom is -0.384 e. The average Bonchev–Trinajstić information content (AvgIpc) is 2.48. The van der Waals surface area contributed by atoms with Gasteiger partial charge in [-0.15, -0.1) is 0 Å². The first-order chi connectivity index (χ1) is 9.61. The minimum absolute atomic E-state index is 0.0110. The first-order valence-corrected chi connectivity index (χ1v) is 6.80. The van der Waals surface area contributed by atoms with Crippen molar-refractivity contribution in [3.05, 3.63) is 35.4 Å². The van der Waals surface area contributed by atoms with Crippen molar-refractivity contribution in [1.29, 1.82) is 0 Å². The third kappa shape index (κ3) is 3.36. The second kappa shape index (κ2) is 6.52. The minimum atomic E-state index is -0.482. The normalized spacial score (nSPS) is 16.1. The Hall–Kier alpha value is -1.88. The molecule has 0 unspecified atom stereocenters. The summed E-state index contributed by atoms with van der Waals surface area (Å²) in [5.74, 6) is 0.0718. The number of rotatable bonds is 4. The van der Waals surface area contributed by atoms with Gasteiger partial charge in [0.05, 0.1) is 0 Å². The van der Waals surface area contributed by atoms with Crippen LogP contribution >= 0.6 is 0 Å². The van der Waals surface area contributed by atoms with Crippen LogP contribution in [0.15, 0.2) is 24.3 Å². The molecule has 1 fully saturated rings. The molecule has 0 atom stereocenters. The number of nitrogens with two attached hydrogens (primary N) is 1. The van der Waals surface area contributed by atoms with Crippen molar-refractivity contribution in [2.24, 2.45) is 11.7 Å². The van der Waals surface area contributed by atoms with Crippen molar-refractivity contribution in [2.45, 2.75) is 12.8 Å². The van der Waals surface area contributed by atoms with Crippen molar-refractivity contribution >= 4 is 11.8 Å². The van der Waals surface area contributed by atoms with E-state index in [0.717, 1.165) is 32.5 Å². The van der Waals surface area contributed by atoms with E-state index in [4.69, 9.17) is 10.5 Å². The Morgan fingerprint density at radius 1 is 1.20 bits per heavy atom. The smallest absolute Gasteiger partial charge is 0.253 e. The van der Waals surface area contributed by atoms with Crippen LogP contribution in [0, 0.1) is 5.92 Å². The maximum absolute atomic E-state index is 12.3. The Kier molecular flexibility index (Phi) is 4.74. The molecule has 0 radical (unpaired) electrons. The highest BCUT2D eigenvalue weighted by Crippen LogP contribution is 2.19. The molecule has 2 amide bonds. The van der Waals surface area contributed by atoms with Crippen LogP contribution in [0.1, 0.15) is 33.6 Å². The number of nitrogens with zero attached hydrogens (tertiary/aromatic N) is 1. The summed E-state index contributed by atoms with van der Waals surface area (Å²) in [5, 5.41) is 0. The van der Waals surface area contributed by atoms with Gasteiger partial charge in [-0.25, -0.2) is 0 Å². The van der Waals surface area contributed by atoms with Crippen LogP contribution in [0.3, 0.4) is 0 Å². The van der Waals surface area contributed by atoms with E-state index in [1.165, 1.54) is 0 Å². The lowest BCUT2D eigenvalue weighted by molar-refractivity contribution is 0.0613. The van der Waals surface area contributed by atoms with Gasteiger partial charge in [-0.1, -0.05) is 0 Å². The molecule has 0 aromatic heterocycles. The quantitative estimate of drug-likeness (QED) is 0.900. The van der Waals surface area contributed by atoms with Crippen molar-refractivity contribution in [1.82, 2.24) is 4.90 Å². The van der Waals surface area contributed by atoms with Crippen molar-refractivity contribution in [3.63, 3.8) is 0 Å². The van der Waals surface area contributed by atoms with Crippen LogP contribution in [0.2, 0.25) is 0 Å². The molecule has 1 heterocycles. The van der Waals surface area contributed by atoms with E-state index in [1.807, 2.05) is 4.90 Å². The maximum atomic E-state index is 12.3. The summed E-state index contributed by atoms with van der Waals surface area (Å²) >= 11 is 0. The van der Waals surface area contributed by atoms with E-state index in [1.54, 1.807) is 31.4 Å². The average molecular weight is 276 g/mol. The molecule has 1 aromatic carbocycles. The maximum Gasteiger partial charge on any atom is 0.253 e. The molecule has 108 valence electrons. The van der Waals surface area contributed by atoms with Crippen molar-refractivity contribution < 1.29 is 14.3 Å². The Morgan fingerprint density at radius 3 is 2.25 bits per heavy atom. The number of carbonyl (C=O) groups is 2. The number of piperidine rings is 1. The molecule has 2 N–H and O–H groups in total. The summed E-state index contributed by atoms with van der Waals surface area (Å²) in [4.78, 5) is 25.2. The summed E-state index contributed by atoms with van der Waals surface area (Å²) in [6.45, 7) is 2.27. The first kappa shape index (κ1) is 14.5. The van der Waals surface area contributed by atoms with Crippen molar-refractivity contribution in [3.8, 4) is 0 Å². The van der Waals surface area contributed by atoms with Gasteiger partial charge in [0.1, 0.15) is 0 Å². The molecule has 1 aliphatic heterocycles. The number of carbonyl (C=O) groups excluding carboxylic acids is 2. The van der Waals surface area contributed by atoms with Gasteiger partial charge in [0.25, 0.3) is 5.91 Å². The summed E-state index contributed by atoms with van der Waals surface area (Å²) < 4.78 is 5.15. The molecular formula is C15H20N2O3. The number of methoxy groups -OCH3 is 1. The van der Waals surface area contributed by atoms with E-state index in [2.05, 4.69) is 0 Å². The summed E-state index contributed by atoms with van der Waals surface area (Å²) in [6.07, 6.45) is 1.94. The second-order valence-corrected chi connectivity index (χ2v) is 5.13. The van der Waals surface area contributed by atoms with E-state index < -0.39 is 5.91 Å². The number of amides is 2. The predicted molar refractivity (Wildman–Crippen MR) is 75.5 cm³/mol. The second-order valence-electron chi connectivity index (χ2n) is 5.13. The predicted octanol–water partition coefficient (Wildman–Crippen LogP) is 1.28. The first-order valence-electron chi connectivity index (χ1n) is 6.80. The zero-order valence-corrected chi connectivity index (χ0v) is 11.7. The fourth-order valence-corrected chi connectivity index (χ4v) is 2.50. The Balaban J connectivity index is 1.96. The lowest BCUT2D eigenvalue weighted by Gasteiger charge is -2.31. The zero-order chi connectivity index (χ0) is 14.5. The Bertz CT molecular complexity index is 476. The van der Waals surface area contributed by atoms with Gasteiger partial charge in [0.2, 0.25) is 5.91 Å². The Labute approximate surface area is 118 Å². The third-order valence-electron chi connectivity index (χ3n) is 3.72. The van der Waals surface area contributed by atoms with Gasteiger partial charge >= 0.3 is 0 Å². The van der Waals surface area contributed by atoms with Crippen molar-refractivity contribution in [2.75, 3.05) is 26.8 Å². The molecule has 1 aromatic rings. The van der Waals surface area contributed by atoms with Crippen LogP contribution in [-0.2, 0) is 4.74 Å². The molecular weight excluding hydrogens is 256 g/mol. The number of likely N-dealkylation sites (tertiary alicyclic amines) is 1. The van der Waals surface area contributed by atoms with Crippen LogP contribution in [-0.4, -0.2) is 43.5 Å². The number of primary amides is 1. The highest BCUT2D eigenvalue weighted by molar-refractivity contribution is 5.97. The number of hydrogen-bond donors (Lipinski definition) is 1. The highest BCUT2D eigenvalue weighted by Gasteiger charge is 2.23. The molecule has 5 heteroatoms. The molecule has 0 saturated carbocycles. The third-order valence-corrected chi connectivity index (χ3v) is 3.72. The lowest BCUT2D eigenvalue weighted by Crippen LogP contribution is -2.39. The van der Waals surface area contributed by atoms with Gasteiger partial charge in [-0.3, -0.25) is 9.59 Å². The van der Waals surface area contributed by atoms with E-state index in [0.29, 0.717) is 17.0 Å². The number of benzene rings is 1. The van der Waals surface area contributed by atoms with E-state index in [9.17, 15) is 9.59 Å². The van der Waals surface area contributed by atoms with E-state index in [-0.39, 0.29) is 5.91 Å². The van der Waals surface area contributed by atoms with Gasteiger partial charge in [0.15, 0.2) is 0 Å². The molecule has 1 saturated heterocycles. The van der Waals surface area contributed by atoms with E-state index >= 15 is 0 Å². The van der Waals surface area contributed by atoms with Crippen LogP contribution in [0.25, 0.3) is 0 Å². The van der Waals surface area contributed by atoms with Crippen LogP contribution in [0.4, 0.5) is 0 Å². The molecule has 0 spiro atoms. The standard InChI is InChI=1S/C15H20N2O3/c1-20-10-11-6-8-17(9-7-11)15(19)13-4-2-12(3-5-13)14(16)18/h2-5,11H,6-10H2,1H3,(H2,16,18). The van der Waals surface area contributed by atoms with Crippen LogP contribution in [0.5, 0.6) is 0 Å². The fourth-order valence-electron chi connectivity index (χ4n) is 2.50. The topological polar surface area (TPSA) is 72.6 Å². The number of hydrogen-bond acceptors (Lipinski definition) is 3. The molecule has 0 aliphatic carbocycles. The molecule has 1 aliphatic rings. The van der Waals surface area contributed by atoms with Gasteiger partial charge in [0, 0.05) is 37.9 Å². The Morgan fingerprint density at radius 2 is 1.75 bits per heavy atom. The van der Waals surface area contributed by atoms with Gasteiger partial charge in [-0.05, 0) is 43.0 Å². The van der Waals surface area contributed by atoms with Crippen LogP contribution < -0.4 is 5.73 Å².